The summed E-state index contributed by atoms with van der Waals surface area (Å²) in [5.74, 6) is -0.435. The van der Waals surface area contributed by atoms with Crippen molar-refractivity contribution in [3.8, 4) is 0 Å². The van der Waals surface area contributed by atoms with Gasteiger partial charge in [-0.2, -0.15) is 5.10 Å². The Morgan fingerprint density at radius 1 is 1.28 bits per heavy atom. The van der Waals surface area contributed by atoms with Gasteiger partial charge in [-0.25, -0.2) is 14.0 Å². The second-order valence-electron chi connectivity index (χ2n) is 8.56. The Morgan fingerprint density at radius 3 is 2.75 bits per heavy atom. The number of benzene rings is 1. The van der Waals surface area contributed by atoms with Crippen molar-refractivity contribution in [3.63, 3.8) is 0 Å². The minimum absolute atomic E-state index is 0.0762. The molecule has 1 saturated heterocycles. The van der Waals surface area contributed by atoms with Gasteiger partial charge in [0.1, 0.15) is 5.82 Å². The smallest absolute Gasteiger partial charge is 0.322 e. The number of anilines is 1. The fraction of sp³-hybridized carbons (Fsp3) is 0.500. The summed E-state index contributed by atoms with van der Waals surface area (Å²) in [7, 11) is 1.79. The van der Waals surface area contributed by atoms with Gasteiger partial charge in [-0.15, -0.1) is 0 Å². The molecule has 172 valence electrons. The van der Waals surface area contributed by atoms with E-state index in [1.165, 1.54) is 6.07 Å². The molecule has 1 unspecified atom stereocenters. The number of hydrogen-bond donors (Lipinski definition) is 2. The number of urea groups is 2. The van der Waals surface area contributed by atoms with Crippen LogP contribution in [0.25, 0.3) is 0 Å². The number of likely N-dealkylation sites (tertiary alicyclic amines) is 1. The highest BCUT2D eigenvalue weighted by Gasteiger charge is 2.39. The molecule has 2 fully saturated rings. The second-order valence-corrected chi connectivity index (χ2v) is 8.97. The van der Waals surface area contributed by atoms with Gasteiger partial charge < -0.3 is 20.4 Å². The van der Waals surface area contributed by atoms with Crippen LogP contribution in [0.5, 0.6) is 0 Å². The Kier molecular flexibility index (Phi) is 6.55. The molecule has 8 nitrogen and oxygen atoms in total. The van der Waals surface area contributed by atoms with E-state index in [1.807, 2.05) is 4.90 Å². The van der Waals surface area contributed by atoms with E-state index in [4.69, 9.17) is 11.6 Å². The van der Waals surface area contributed by atoms with Crippen molar-refractivity contribution >= 4 is 29.4 Å². The summed E-state index contributed by atoms with van der Waals surface area (Å²) in [5.41, 5.74) is 1.80. The zero-order valence-electron chi connectivity index (χ0n) is 18.3. The average Bonchev–Trinajstić information content (AvgIpc) is 3.51. The van der Waals surface area contributed by atoms with Crippen LogP contribution in [0.3, 0.4) is 0 Å². The first kappa shape index (κ1) is 22.4. The normalized spacial score (nSPS) is 18.4. The molecule has 10 heteroatoms. The Balaban J connectivity index is 1.39. The van der Waals surface area contributed by atoms with Crippen LogP contribution in [0, 0.1) is 12.7 Å². The van der Waals surface area contributed by atoms with Gasteiger partial charge in [0.15, 0.2) is 0 Å². The van der Waals surface area contributed by atoms with Gasteiger partial charge >= 0.3 is 12.1 Å². The van der Waals surface area contributed by atoms with Gasteiger partial charge in [-0.05, 0) is 50.3 Å². The number of halogens is 2. The predicted molar refractivity (Wildman–Crippen MR) is 120 cm³/mol. The number of nitrogens with one attached hydrogen (secondary N) is 2. The monoisotopic (exact) mass is 462 g/mol. The van der Waals surface area contributed by atoms with E-state index in [9.17, 15) is 14.0 Å². The molecule has 1 saturated carbocycles. The Labute approximate surface area is 191 Å². The standard InChI is InChI=1S/C22H28ClFN6O2/c1-14-8-15(20(24)9-19(14)23)10-25-21(31)30(17-5-6-17)18-4-3-7-29(13-18)22(32)27-16-11-26-28(2)12-16/h8-9,11-12,17-18H,3-7,10,13H2,1-2H3,(H,25,31)(H,27,32). The van der Waals surface area contributed by atoms with Gasteiger partial charge in [0.2, 0.25) is 0 Å². The molecule has 2 aliphatic rings. The minimum Gasteiger partial charge on any atom is -0.334 e. The fourth-order valence-corrected chi connectivity index (χ4v) is 4.30. The van der Waals surface area contributed by atoms with Crippen LogP contribution in [0.1, 0.15) is 36.8 Å². The zero-order chi connectivity index (χ0) is 22.8. The van der Waals surface area contributed by atoms with Crippen molar-refractivity contribution in [1.29, 1.82) is 0 Å². The maximum atomic E-state index is 14.2. The number of aromatic nitrogens is 2. The van der Waals surface area contributed by atoms with Crippen LogP contribution in [-0.2, 0) is 13.6 Å². The molecule has 1 aliphatic heterocycles. The summed E-state index contributed by atoms with van der Waals surface area (Å²) in [4.78, 5) is 29.4. The van der Waals surface area contributed by atoms with Gasteiger partial charge in [0, 0.05) is 49.5 Å². The molecule has 2 heterocycles. The van der Waals surface area contributed by atoms with E-state index in [1.54, 1.807) is 42.0 Å². The Morgan fingerprint density at radius 2 is 2.06 bits per heavy atom. The third-order valence-corrected chi connectivity index (χ3v) is 6.37. The molecule has 32 heavy (non-hydrogen) atoms. The predicted octanol–water partition coefficient (Wildman–Crippen LogP) is 3.89. The molecule has 4 rings (SSSR count). The van der Waals surface area contributed by atoms with Crippen molar-refractivity contribution in [1.82, 2.24) is 24.9 Å². The van der Waals surface area contributed by atoms with Crippen LogP contribution in [0.4, 0.5) is 19.7 Å². The molecule has 0 spiro atoms. The lowest BCUT2D eigenvalue weighted by Crippen LogP contribution is -2.55. The third-order valence-electron chi connectivity index (χ3n) is 5.97. The van der Waals surface area contributed by atoms with Crippen LogP contribution in [0.15, 0.2) is 24.5 Å². The SMILES string of the molecule is Cc1cc(CNC(=O)N(C2CC2)C2CCCN(C(=O)Nc3cnn(C)c3)C2)c(F)cc1Cl. The lowest BCUT2D eigenvalue weighted by Gasteiger charge is -2.39. The zero-order valence-corrected chi connectivity index (χ0v) is 19.0. The Bertz CT molecular complexity index is 1010. The third kappa shape index (κ3) is 5.15. The maximum absolute atomic E-state index is 14.2. The van der Waals surface area contributed by atoms with E-state index in [2.05, 4.69) is 15.7 Å². The molecule has 1 aliphatic carbocycles. The molecule has 1 aromatic carbocycles. The first-order chi connectivity index (χ1) is 15.3. The summed E-state index contributed by atoms with van der Waals surface area (Å²) in [6, 6.07) is 2.60. The fourth-order valence-electron chi connectivity index (χ4n) is 4.15. The second kappa shape index (κ2) is 9.36. The van der Waals surface area contributed by atoms with Gasteiger partial charge in [-0.1, -0.05) is 11.6 Å². The summed E-state index contributed by atoms with van der Waals surface area (Å²) >= 11 is 5.96. The number of rotatable bonds is 5. The molecule has 4 amide bonds. The van der Waals surface area contributed by atoms with E-state index in [0.717, 1.165) is 31.2 Å². The molecular weight excluding hydrogens is 435 g/mol. The first-order valence-corrected chi connectivity index (χ1v) is 11.2. The van der Waals surface area contributed by atoms with Gasteiger partial charge in [0.05, 0.1) is 17.9 Å². The van der Waals surface area contributed by atoms with Crippen molar-refractivity contribution in [2.45, 2.75) is 51.2 Å². The highest BCUT2D eigenvalue weighted by Crippen LogP contribution is 2.32. The molecule has 1 atom stereocenters. The number of aryl methyl sites for hydroxylation is 2. The number of hydrogen-bond acceptors (Lipinski definition) is 3. The number of piperidine rings is 1. The lowest BCUT2D eigenvalue weighted by molar-refractivity contribution is 0.119. The molecule has 0 bridgehead atoms. The highest BCUT2D eigenvalue weighted by atomic mass is 35.5. The molecular formula is C22H28ClFN6O2. The van der Waals surface area contributed by atoms with E-state index < -0.39 is 5.82 Å². The molecule has 2 N–H and O–H groups in total. The summed E-state index contributed by atoms with van der Waals surface area (Å²) in [5, 5.41) is 10.2. The summed E-state index contributed by atoms with van der Waals surface area (Å²) < 4.78 is 15.8. The number of amides is 4. The van der Waals surface area contributed by atoms with Crippen LogP contribution in [-0.4, -0.2) is 56.8 Å². The number of carbonyl (C=O) groups is 2. The summed E-state index contributed by atoms with van der Waals surface area (Å²) in [6.45, 7) is 2.99. The number of nitrogens with zero attached hydrogens (tertiary/aromatic N) is 4. The largest absolute Gasteiger partial charge is 0.334 e. The minimum atomic E-state index is -0.435. The van der Waals surface area contributed by atoms with Gasteiger partial charge in [0.25, 0.3) is 0 Å². The average molecular weight is 463 g/mol. The molecule has 0 radical (unpaired) electrons. The van der Waals surface area contributed by atoms with Crippen molar-refractivity contribution in [2.75, 3.05) is 18.4 Å². The number of carbonyl (C=O) groups excluding carboxylic acids is 2. The lowest BCUT2D eigenvalue weighted by atomic mass is 10.0. The summed E-state index contributed by atoms with van der Waals surface area (Å²) in [6.07, 6.45) is 6.86. The van der Waals surface area contributed by atoms with Crippen molar-refractivity contribution in [3.05, 3.63) is 46.5 Å². The molecule has 1 aromatic heterocycles. The van der Waals surface area contributed by atoms with E-state index >= 15 is 0 Å². The maximum Gasteiger partial charge on any atom is 0.322 e. The van der Waals surface area contributed by atoms with Crippen molar-refractivity contribution < 1.29 is 14.0 Å². The van der Waals surface area contributed by atoms with Gasteiger partial charge in [-0.3, -0.25) is 4.68 Å². The Hall–Kier alpha value is -2.81. The topological polar surface area (TPSA) is 82.5 Å². The van der Waals surface area contributed by atoms with E-state index in [-0.39, 0.29) is 30.7 Å². The quantitative estimate of drug-likeness (QED) is 0.707. The van der Waals surface area contributed by atoms with Crippen molar-refractivity contribution in [2.24, 2.45) is 7.05 Å². The van der Waals surface area contributed by atoms with Crippen LogP contribution < -0.4 is 10.6 Å². The van der Waals surface area contributed by atoms with Crippen LogP contribution >= 0.6 is 11.6 Å². The first-order valence-electron chi connectivity index (χ1n) is 10.9. The highest BCUT2D eigenvalue weighted by molar-refractivity contribution is 6.31. The van der Waals surface area contributed by atoms with E-state index in [0.29, 0.717) is 29.4 Å². The molecule has 2 aromatic rings. The van der Waals surface area contributed by atoms with Crippen LogP contribution in [0.2, 0.25) is 5.02 Å².